The fraction of sp³-hybridized carbons (Fsp3) is 0.143. The first-order valence-electron chi connectivity index (χ1n) is 6.07. The SMILES string of the molecule is O=C1CC=Nc2nc(C(Cl)(Cl)Cl)nc(-c3ccccc3)c21. The molecule has 0 spiro atoms. The molecule has 0 saturated heterocycles. The van der Waals surface area contributed by atoms with Gasteiger partial charge in [0.05, 0.1) is 11.3 Å². The first-order chi connectivity index (χ1) is 9.97. The third-order valence-electron chi connectivity index (χ3n) is 2.96. The first kappa shape index (κ1) is 14.4. The molecule has 0 fully saturated rings. The molecule has 0 radical (unpaired) electrons. The third-order valence-corrected chi connectivity index (χ3v) is 3.47. The van der Waals surface area contributed by atoms with Crippen LogP contribution in [0.1, 0.15) is 22.6 Å². The largest absolute Gasteiger partial charge is 0.294 e. The van der Waals surface area contributed by atoms with Crippen LogP contribution in [0.2, 0.25) is 0 Å². The number of nitrogens with zero attached hydrogens (tertiary/aromatic N) is 3. The van der Waals surface area contributed by atoms with Crippen molar-refractivity contribution in [3.05, 3.63) is 41.7 Å². The number of aliphatic imine (C=N–C) groups is 1. The normalized spacial score (nSPS) is 14.1. The minimum Gasteiger partial charge on any atom is -0.294 e. The number of fused-ring (bicyclic) bond motifs is 1. The Kier molecular flexibility index (Phi) is 3.69. The molecule has 106 valence electrons. The van der Waals surface area contributed by atoms with Gasteiger partial charge in [0.15, 0.2) is 17.4 Å². The number of carbonyl (C=O) groups is 1. The zero-order chi connectivity index (χ0) is 15.0. The van der Waals surface area contributed by atoms with E-state index in [0.29, 0.717) is 11.3 Å². The molecule has 0 aliphatic carbocycles. The number of aromatic nitrogens is 2. The fourth-order valence-electron chi connectivity index (χ4n) is 2.05. The lowest BCUT2D eigenvalue weighted by molar-refractivity contribution is 0.100. The standard InChI is InChI=1S/C14H8Cl3N3O/c15-14(16,17)13-19-11(8-4-2-1-3-5-8)10-9(21)6-7-18-12(10)20-13/h1-5,7H,6H2. The molecule has 1 aliphatic heterocycles. The lowest BCUT2D eigenvalue weighted by Gasteiger charge is -2.17. The van der Waals surface area contributed by atoms with Crippen molar-refractivity contribution in [3.8, 4) is 11.3 Å². The molecule has 1 aromatic carbocycles. The highest BCUT2D eigenvalue weighted by atomic mass is 35.6. The lowest BCUT2D eigenvalue weighted by Crippen LogP contribution is -2.15. The molecule has 0 unspecified atom stereocenters. The lowest BCUT2D eigenvalue weighted by atomic mass is 10.00. The van der Waals surface area contributed by atoms with E-state index in [1.54, 1.807) is 0 Å². The van der Waals surface area contributed by atoms with Gasteiger partial charge in [0.25, 0.3) is 0 Å². The Morgan fingerprint density at radius 2 is 1.76 bits per heavy atom. The Bertz CT molecular complexity index is 739. The third kappa shape index (κ3) is 2.79. The summed E-state index contributed by atoms with van der Waals surface area (Å²) in [5, 5.41) is 0. The van der Waals surface area contributed by atoms with Crippen LogP contribution >= 0.6 is 34.8 Å². The Balaban J connectivity index is 2.31. The molecular weight excluding hydrogens is 333 g/mol. The second-order valence-corrected chi connectivity index (χ2v) is 6.68. The molecule has 0 atom stereocenters. The van der Waals surface area contributed by atoms with E-state index in [1.807, 2.05) is 30.3 Å². The van der Waals surface area contributed by atoms with Crippen LogP contribution in [-0.2, 0) is 3.79 Å². The van der Waals surface area contributed by atoms with E-state index in [1.165, 1.54) is 6.21 Å². The van der Waals surface area contributed by atoms with Crippen LogP contribution in [0.5, 0.6) is 0 Å². The Morgan fingerprint density at radius 1 is 1.05 bits per heavy atom. The number of hydrogen-bond donors (Lipinski definition) is 0. The van der Waals surface area contributed by atoms with E-state index in [0.717, 1.165) is 5.56 Å². The van der Waals surface area contributed by atoms with Crippen molar-refractivity contribution >= 4 is 52.6 Å². The van der Waals surface area contributed by atoms with Crippen molar-refractivity contribution < 1.29 is 4.79 Å². The number of carbonyl (C=O) groups excluding carboxylic acids is 1. The Labute approximate surface area is 135 Å². The van der Waals surface area contributed by atoms with Crippen LogP contribution < -0.4 is 0 Å². The second kappa shape index (κ2) is 5.37. The molecule has 21 heavy (non-hydrogen) atoms. The van der Waals surface area contributed by atoms with Crippen LogP contribution in [0.25, 0.3) is 11.3 Å². The quantitative estimate of drug-likeness (QED) is 0.729. The highest BCUT2D eigenvalue weighted by Gasteiger charge is 2.31. The fourth-order valence-corrected chi connectivity index (χ4v) is 2.30. The number of ketones is 1. The van der Waals surface area contributed by atoms with Crippen molar-refractivity contribution in [1.82, 2.24) is 9.97 Å². The summed E-state index contributed by atoms with van der Waals surface area (Å²) >= 11 is 17.6. The van der Waals surface area contributed by atoms with Crippen LogP contribution in [-0.4, -0.2) is 22.0 Å². The molecule has 0 saturated carbocycles. The van der Waals surface area contributed by atoms with E-state index >= 15 is 0 Å². The molecule has 3 rings (SSSR count). The minimum atomic E-state index is -1.78. The van der Waals surface area contributed by atoms with Gasteiger partial charge >= 0.3 is 0 Å². The van der Waals surface area contributed by atoms with E-state index < -0.39 is 3.79 Å². The van der Waals surface area contributed by atoms with Gasteiger partial charge in [0.1, 0.15) is 0 Å². The average Bonchev–Trinajstić information content (AvgIpc) is 2.46. The number of alkyl halides is 3. The van der Waals surface area contributed by atoms with Crippen LogP contribution in [0, 0.1) is 0 Å². The van der Waals surface area contributed by atoms with Crippen LogP contribution in [0.4, 0.5) is 5.82 Å². The first-order valence-corrected chi connectivity index (χ1v) is 7.20. The highest BCUT2D eigenvalue weighted by molar-refractivity contribution is 6.66. The average molecular weight is 341 g/mol. The van der Waals surface area contributed by atoms with Crippen LogP contribution in [0.15, 0.2) is 35.3 Å². The van der Waals surface area contributed by atoms with Gasteiger partial charge in [0.2, 0.25) is 3.79 Å². The monoisotopic (exact) mass is 339 g/mol. The number of benzene rings is 1. The Hall–Kier alpha value is -1.49. The second-order valence-electron chi connectivity index (χ2n) is 4.40. The zero-order valence-corrected chi connectivity index (χ0v) is 12.8. The maximum atomic E-state index is 12.2. The van der Waals surface area contributed by atoms with Gasteiger partial charge in [0, 0.05) is 18.2 Å². The molecular formula is C14H8Cl3N3O. The molecule has 0 N–H and O–H groups in total. The molecule has 7 heteroatoms. The molecule has 2 aromatic rings. The number of hydrogen-bond acceptors (Lipinski definition) is 4. The molecule has 2 heterocycles. The summed E-state index contributed by atoms with van der Waals surface area (Å²) in [5.74, 6) is 0.133. The number of halogens is 3. The van der Waals surface area contributed by atoms with Crippen molar-refractivity contribution in [3.63, 3.8) is 0 Å². The summed E-state index contributed by atoms with van der Waals surface area (Å²) < 4.78 is -1.78. The topological polar surface area (TPSA) is 55.2 Å². The maximum Gasteiger partial charge on any atom is 0.250 e. The van der Waals surface area contributed by atoms with E-state index in [2.05, 4.69) is 15.0 Å². The summed E-state index contributed by atoms with van der Waals surface area (Å²) in [6.07, 6.45) is 1.71. The summed E-state index contributed by atoms with van der Waals surface area (Å²) in [6.45, 7) is 0. The maximum absolute atomic E-state index is 12.2. The summed E-state index contributed by atoms with van der Waals surface area (Å²) in [6, 6.07) is 9.21. The summed E-state index contributed by atoms with van der Waals surface area (Å²) in [5.41, 5.74) is 1.54. The Morgan fingerprint density at radius 3 is 2.43 bits per heavy atom. The van der Waals surface area contributed by atoms with Crippen molar-refractivity contribution in [1.29, 1.82) is 0 Å². The molecule has 1 aliphatic rings. The molecule has 0 bridgehead atoms. The molecule has 0 amide bonds. The number of Topliss-reactive ketones (excluding diaryl/α,β-unsaturated/α-hetero) is 1. The van der Waals surface area contributed by atoms with Crippen molar-refractivity contribution in [2.75, 3.05) is 0 Å². The van der Waals surface area contributed by atoms with E-state index in [-0.39, 0.29) is 23.8 Å². The van der Waals surface area contributed by atoms with Gasteiger partial charge in [-0.15, -0.1) is 0 Å². The smallest absolute Gasteiger partial charge is 0.250 e. The highest BCUT2D eigenvalue weighted by Crippen LogP contribution is 2.40. The van der Waals surface area contributed by atoms with Crippen molar-refractivity contribution in [2.24, 2.45) is 4.99 Å². The van der Waals surface area contributed by atoms with Gasteiger partial charge in [-0.05, 0) is 0 Å². The van der Waals surface area contributed by atoms with Gasteiger partial charge < -0.3 is 0 Å². The molecule has 1 aromatic heterocycles. The summed E-state index contributed by atoms with van der Waals surface area (Å²) in [4.78, 5) is 24.7. The van der Waals surface area contributed by atoms with Gasteiger partial charge in [-0.1, -0.05) is 65.1 Å². The van der Waals surface area contributed by atoms with Gasteiger partial charge in [-0.3, -0.25) is 4.79 Å². The molecule has 4 nitrogen and oxygen atoms in total. The predicted octanol–water partition coefficient (Wildman–Crippen LogP) is 4.26. The summed E-state index contributed by atoms with van der Waals surface area (Å²) in [7, 11) is 0. The predicted molar refractivity (Wildman–Crippen MR) is 83.8 cm³/mol. The van der Waals surface area contributed by atoms with Gasteiger partial charge in [-0.25, -0.2) is 15.0 Å². The minimum absolute atomic E-state index is 0.00282. The van der Waals surface area contributed by atoms with E-state index in [4.69, 9.17) is 34.8 Å². The van der Waals surface area contributed by atoms with Crippen molar-refractivity contribution in [2.45, 2.75) is 10.2 Å². The van der Waals surface area contributed by atoms with E-state index in [9.17, 15) is 4.79 Å². The van der Waals surface area contributed by atoms with Gasteiger partial charge in [-0.2, -0.15) is 0 Å². The van der Waals surface area contributed by atoms with Crippen LogP contribution in [0.3, 0.4) is 0 Å². The number of rotatable bonds is 1. The zero-order valence-electron chi connectivity index (χ0n) is 10.6.